The van der Waals surface area contributed by atoms with Gasteiger partial charge in [-0.3, -0.25) is 14.4 Å². The third-order valence-electron chi connectivity index (χ3n) is 7.98. The minimum atomic E-state index is -1.27. The van der Waals surface area contributed by atoms with Crippen molar-refractivity contribution in [2.24, 2.45) is 0 Å². The first-order chi connectivity index (χ1) is 26.0. The van der Waals surface area contributed by atoms with Crippen molar-refractivity contribution in [2.75, 3.05) is 22.6 Å². The maximum absolute atomic E-state index is 13.8. The quantitative estimate of drug-likeness (QED) is 0.0700. The molecular formula is C37H41ClN10O7. The summed E-state index contributed by atoms with van der Waals surface area (Å²) in [4.78, 5) is 68.6. The van der Waals surface area contributed by atoms with Gasteiger partial charge in [-0.25, -0.2) is 9.59 Å². The fourth-order valence-electron chi connectivity index (χ4n) is 5.35. The zero-order chi connectivity index (χ0) is 39.9. The number of aliphatic hydroxyl groups excluding tert-OH is 1. The molecule has 0 fully saturated rings. The molecule has 0 aliphatic heterocycles. The second-order valence-electron chi connectivity index (χ2n) is 14.2. The molecule has 0 saturated carbocycles. The Morgan fingerprint density at radius 1 is 0.891 bits per heavy atom. The number of aromatic amines is 1. The fourth-order valence-corrected chi connectivity index (χ4v) is 5.52. The van der Waals surface area contributed by atoms with Crippen LogP contribution in [0.5, 0.6) is 0 Å². The molecule has 2 aromatic heterocycles. The summed E-state index contributed by atoms with van der Waals surface area (Å²) in [5.41, 5.74) is 1.39. The molecule has 0 bridgehead atoms. The van der Waals surface area contributed by atoms with E-state index in [-0.39, 0.29) is 29.4 Å². The predicted molar refractivity (Wildman–Crippen MR) is 205 cm³/mol. The molecule has 0 radical (unpaired) electrons. The zero-order valence-corrected chi connectivity index (χ0v) is 31.4. The number of halogens is 1. The van der Waals surface area contributed by atoms with E-state index in [0.717, 1.165) is 0 Å². The van der Waals surface area contributed by atoms with Crippen molar-refractivity contribution >= 4 is 69.3 Å². The van der Waals surface area contributed by atoms with Gasteiger partial charge in [-0.1, -0.05) is 23.7 Å². The minimum Gasteiger partial charge on any atom is -0.455 e. The smallest absolute Gasteiger partial charge is 0.355 e. The Balaban J connectivity index is 1.34. The van der Waals surface area contributed by atoms with Gasteiger partial charge in [0.1, 0.15) is 23.7 Å². The third-order valence-corrected chi connectivity index (χ3v) is 8.21. The molecule has 0 aliphatic rings. The molecule has 0 aliphatic carbocycles. The van der Waals surface area contributed by atoms with Crippen LogP contribution in [-0.4, -0.2) is 83.8 Å². The van der Waals surface area contributed by atoms with Crippen molar-refractivity contribution in [3.8, 4) is 5.69 Å². The number of aliphatic hydroxyl groups is 1. The van der Waals surface area contributed by atoms with E-state index in [0.29, 0.717) is 39.9 Å². The average molecular weight is 773 g/mol. The highest BCUT2D eigenvalue weighted by Crippen LogP contribution is 2.25. The summed E-state index contributed by atoms with van der Waals surface area (Å²) in [5.74, 6) is -3.39. The lowest BCUT2D eigenvalue weighted by atomic mass is 10.0. The normalized spacial score (nSPS) is 12.1. The summed E-state index contributed by atoms with van der Waals surface area (Å²) in [6.07, 6.45) is 1.61. The van der Waals surface area contributed by atoms with Crippen LogP contribution < -0.4 is 26.6 Å². The van der Waals surface area contributed by atoms with Gasteiger partial charge < -0.3 is 41.4 Å². The predicted octanol–water partition coefficient (Wildman–Crippen LogP) is 4.34. The van der Waals surface area contributed by atoms with Crippen molar-refractivity contribution in [2.45, 2.75) is 64.6 Å². The number of hydrogen-bond acceptors (Lipinski definition) is 10. The zero-order valence-electron chi connectivity index (χ0n) is 30.7. The maximum Gasteiger partial charge on any atom is 0.355 e. The van der Waals surface area contributed by atoms with E-state index < -0.39 is 46.9 Å². The number of amides is 5. The van der Waals surface area contributed by atoms with Crippen LogP contribution in [-0.2, 0) is 25.5 Å². The number of carbonyl (C=O) groups excluding carboxylic acids is 5. The molecule has 1 unspecified atom stereocenters. The fraction of sp³-hybridized carbons (Fsp3) is 0.297. The Hall–Kier alpha value is -6.33. The van der Waals surface area contributed by atoms with Gasteiger partial charge in [0.05, 0.1) is 11.4 Å². The Bertz CT molecular complexity index is 2200. The van der Waals surface area contributed by atoms with Gasteiger partial charge in [0.25, 0.3) is 0 Å². The number of ether oxygens (including phenoxy) is 1. The van der Waals surface area contributed by atoms with Gasteiger partial charge in [-0.05, 0) is 112 Å². The number of rotatable bonds is 12. The number of nitrogens with one attached hydrogen (secondary N) is 6. The number of anilines is 3. The van der Waals surface area contributed by atoms with Crippen LogP contribution >= 0.6 is 11.6 Å². The van der Waals surface area contributed by atoms with Crippen LogP contribution in [0.2, 0.25) is 5.02 Å². The lowest BCUT2D eigenvalue weighted by Gasteiger charge is -2.25. The number of hydrogen-bond donors (Lipinski definition) is 7. The molecule has 17 nitrogen and oxygen atoms in total. The molecule has 1 atom stereocenters. The van der Waals surface area contributed by atoms with Crippen LogP contribution in [0.1, 0.15) is 57.1 Å². The molecule has 18 heteroatoms. The van der Waals surface area contributed by atoms with Crippen molar-refractivity contribution in [1.29, 1.82) is 0 Å². The standard InChI is InChI=1S/C37H41ClN10O7/c1-36(2,3)55-34(53)29-18-22-17-25(11-12-26(22)42-29)40-31(50)28(16-21-6-9-24(10-7-21)41-35(54)45-37(4,5)14-15-49)44-33(52)32(51)43-27-19-23(38)8-13-30(27)48-20-39-46-47-48/h6-13,17-20,28,42,49H,14-16H2,1-5H3,(H,40,50)(H,43,51)(H,44,52)(H2,41,45,54). The van der Waals surface area contributed by atoms with Gasteiger partial charge in [0, 0.05) is 45.9 Å². The van der Waals surface area contributed by atoms with Crippen molar-refractivity contribution in [1.82, 2.24) is 35.8 Å². The molecule has 55 heavy (non-hydrogen) atoms. The molecule has 0 saturated heterocycles. The van der Waals surface area contributed by atoms with E-state index >= 15 is 0 Å². The van der Waals surface area contributed by atoms with Crippen LogP contribution in [0.25, 0.3) is 16.6 Å². The van der Waals surface area contributed by atoms with Gasteiger partial charge >= 0.3 is 23.8 Å². The number of fused-ring (bicyclic) bond motifs is 1. The highest BCUT2D eigenvalue weighted by atomic mass is 35.5. The molecule has 5 amide bonds. The van der Waals surface area contributed by atoms with Gasteiger partial charge in [0.2, 0.25) is 5.91 Å². The maximum atomic E-state index is 13.8. The molecular weight excluding hydrogens is 732 g/mol. The van der Waals surface area contributed by atoms with Gasteiger partial charge in [-0.15, -0.1) is 5.10 Å². The van der Waals surface area contributed by atoms with Gasteiger partial charge in [-0.2, -0.15) is 4.68 Å². The monoisotopic (exact) mass is 772 g/mol. The van der Waals surface area contributed by atoms with E-state index in [1.165, 1.54) is 17.1 Å². The summed E-state index contributed by atoms with van der Waals surface area (Å²) in [5, 5.41) is 34.5. The van der Waals surface area contributed by atoms with E-state index in [4.69, 9.17) is 16.3 Å². The number of carbonyl (C=O) groups is 5. The lowest BCUT2D eigenvalue weighted by molar-refractivity contribution is -0.137. The largest absolute Gasteiger partial charge is 0.455 e. The topological polar surface area (TPSA) is 234 Å². The molecule has 2 heterocycles. The Kier molecular flexibility index (Phi) is 12.2. The number of tetrazole rings is 1. The van der Waals surface area contributed by atoms with Crippen LogP contribution in [0.3, 0.4) is 0 Å². The van der Waals surface area contributed by atoms with Gasteiger partial charge in [0.15, 0.2) is 0 Å². The summed E-state index contributed by atoms with van der Waals surface area (Å²) in [6.45, 7) is 8.76. The highest BCUT2D eigenvalue weighted by Gasteiger charge is 2.27. The molecule has 5 aromatic rings. The van der Waals surface area contributed by atoms with Crippen molar-refractivity contribution < 1.29 is 33.8 Å². The molecule has 288 valence electrons. The number of esters is 1. The minimum absolute atomic E-state index is 0.0525. The number of urea groups is 1. The van der Waals surface area contributed by atoms with Crippen LogP contribution in [0.4, 0.5) is 21.9 Å². The van der Waals surface area contributed by atoms with Crippen LogP contribution in [0.15, 0.2) is 73.1 Å². The molecule has 5 rings (SSSR count). The molecule has 7 N–H and O–H groups in total. The van der Waals surface area contributed by atoms with E-state index in [1.807, 2.05) is 0 Å². The summed E-state index contributed by atoms with van der Waals surface area (Å²) in [7, 11) is 0. The SMILES string of the molecule is CC(C)(CCO)NC(=O)Nc1ccc(CC(NC(=O)C(=O)Nc2cc(Cl)ccc2-n2cnnn2)C(=O)Nc2ccc3[nH]c(C(=O)OC(C)(C)C)cc3c2)cc1. The summed E-state index contributed by atoms with van der Waals surface area (Å²) in [6, 6.07) is 15.9. The number of benzene rings is 3. The summed E-state index contributed by atoms with van der Waals surface area (Å²) >= 11 is 6.17. The summed E-state index contributed by atoms with van der Waals surface area (Å²) < 4.78 is 6.73. The van der Waals surface area contributed by atoms with E-state index in [1.54, 1.807) is 95.3 Å². The first-order valence-electron chi connectivity index (χ1n) is 17.1. The second-order valence-corrected chi connectivity index (χ2v) is 14.6. The first kappa shape index (κ1) is 39.9. The Morgan fingerprint density at radius 2 is 1.62 bits per heavy atom. The Labute approximate surface area is 320 Å². The lowest BCUT2D eigenvalue weighted by Crippen LogP contribution is -2.49. The third kappa shape index (κ3) is 11.1. The van der Waals surface area contributed by atoms with E-state index in [2.05, 4.69) is 47.1 Å². The number of nitrogens with zero attached hydrogens (tertiary/aromatic N) is 4. The Morgan fingerprint density at radius 3 is 2.29 bits per heavy atom. The molecule has 0 spiro atoms. The van der Waals surface area contributed by atoms with Crippen molar-refractivity contribution in [3.05, 3.63) is 89.3 Å². The average Bonchev–Trinajstić information content (AvgIpc) is 3.78. The highest BCUT2D eigenvalue weighted by molar-refractivity contribution is 6.40. The molecule has 3 aromatic carbocycles. The first-order valence-corrected chi connectivity index (χ1v) is 17.5. The second kappa shape index (κ2) is 16.8. The number of aromatic nitrogens is 5. The van der Waals surface area contributed by atoms with E-state index in [9.17, 15) is 29.1 Å². The number of H-pyrrole nitrogens is 1. The van der Waals surface area contributed by atoms with Crippen molar-refractivity contribution in [3.63, 3.8) is 0 Å². The van der Waals surface area contributed by atoms with Crippen LogP contribution in [0, 0.1) is 0 Å².